The van der Waals surface area contributed by atoms with E-state index in [0.29, 0.717) is 17.6 Å². The van der Waals surface area contributed by atoms with Gasteiger partial charge < -0.3 is 10.1 Å². The van der Waals surface area contributed by atoms with E-state index in [1.165, 1.54) is 25.9 Å². The standard InChI is InChI=1S/C14H28N2O/c1-5-17-12-8-11(9-12)16-7-6-15-13(10-16)14(2,3)4/h11-13,15H,5-10H2,1-4H3. The summed E-state index contributed by atoms with van der Waals surface area (Å²) in [4.78, 5) is 2.67. The summed E-state index contributed by atoms with van der Waals surface area (Å²) in [7, 11) is 0. The molecule has 0 bridgehead atoms. The highest BCUT2D eigenvalue weighted by Crippen LogP contribution is 2.31. The molecule has 1 saturated carbocycles. The molecule has 17 heavy (non-hydrogen) atoms. The molecule has 2 fully saturated rings. The van der Waals surface area contributed by atoms with Crippen molar-refractivity contribution in [1.82, 2.24) is 10.2 Å². The Morgan fingerprint density at radius 1 is 1.29 bits per heavy atom. The van der Waals surface area contributed by atoms with E-state index >= 15 is 0 Å². The van der Waals surface area contributed by atoms with Gasteiger partial charge in [-0.2, -0.15) is 0 Å². The average molecular weight is 240 g/mol. The molecule has 0 spiro atoms. The molecule has 1 unspecified atom stereocenters. The van der Waals surface area contributed by atoms with Crippen molar-refractivity contribution >= 4 is 0 Å². The number of nitrogens with zero attached hydrogens (tertiary/aromatic N) is 1. The zero-order valence-electron chi connectivity index (χ0n) is 11.8. The molecule has 0 aromatic rings. The molecule has 1 aliphatic heterocycles. The molecule has 1 N–H and O–H groups in total. The Morgan fingerprint density at radius 2 is 2.00 bits per heavy atom. The summed E-state index contributed by atoms with van der Waals surface area (Å²) < 4.78 is 5.65. The smallest absolute Gasteiger partial charge is 0.0604 e. The van der Waals surface area contributed by atoms with E-state index in [9.17, 15) is 0 Å². The Hall–Kier alpha value is -0.120. The lowest BCUT2D eigenvalue weighted by Gasteiger charge is -2.48. The normalized spacial score (nSPS) is 35.6. The van der Waals surface area contributed by atoms with Crippen LogP contribution in [0.3, 0.4) is 0 Å². The van der Waals surface area contributed by atoms with Gasteiger partial charge >= 0.3 is 0 Å². The average Bonchev–Trinajstić information content (AvgIpc) is 2.22. The molecule has 3 nitrogen and oxygen atoms in total. The van der Waals surface area contributed by atoms with E-state index in [1.807, 2.05) is 0 Å². The minimum absolute atomic E-state index is 0.363. The molecule has 3 heteroatoms. The van der Waals surface area contributed by atoms with Crippen molar-refractivity contribution in [3.05, 3.63) is 0 Å². The summed E-state index contributed by atoms with van der Waals surface area (Å²) >= 11 is 0. The van der Waals surface area contributed by atoms with Gasteiger partial charge in [-0.05, 0) is 25.2 Å². The quantitative estimate of drug-likeness (QED) is 0.815. The lowest BCUT2D eigenvalue weighted by Crippen LogP contribution is -2.61. The van der Waals surface area contributed by atoms with E-state index in [-0.39, 0.29) is 0 Å². The van der Waals surface area contributed by atoms with E-state index in [1.54, 1.807) is 0 Å². The highest BCUT2D eigenvalue weighted by atomic mass is 16.5. The van der Waals surface area contributed by atoms with Crippen LogP contribution in [0.25, 0.3) is 0 Å². The van der Waals surface area contributed by atoms with Gasteiger partial charge in [-0.25, -0.2) is 0 Å². The Kier molecular flexibility index (Phi) is 4.11. The Balaban J connectivity index is 1.79. The summed E-state index contributed by atoms with van der Waals surface area (Å²) in [6, 6.07) is 1.40. The maximum absolute atomic E-state index is 5.65. The predicted molar refractivity (Wildman–Crippen MR) is 71.3 cm³/mol. The van der Waals surface area contributed by atoms with Crippen LogP contribution in [-0.4, -0.2) is 49.3 Å². The molecule has 2 rings (SSSR count). The third-order valence-corrected chi connectivity index (χ3v) is 4.24. The van der Waals surface area contributed by atoms with Crippen molar-refractivity contribution < 1.29 is 4.74 Å². The van der Waals surface area contributed by atoms with Crippen LogP contribution >= 0.6 is 0 Å². The molecule has 1 aliphatic carbocycles. The topological polar surface area (TPSA) is 24.5 Å². The van der Waals surface area contributed by atoms with E-state index < -0.39 is 0 Å². The minimum Gasteiger partial charge on any atom is -0.378 e. The lowest BCUT2D eigenvalue weighted by atomic mass is 9.82. The summed E-state index contributed by atoms with van der Waals surface area (Å²) in [5.74, 6) is 0. The first-order chi connectivity index (χ1) is 8.00. The minimum atomic E-state index is 0.363. The van der Waals surface area contributed by atoms with Crippen molar-refractivity contribution in [1.29, 1.82) is 0 Å². The molecule has 1 saturated heterocycles. The first-order valence-electron chi connectivity index (χ1n) is 7.09. The predicted octanol–water partition coefficient (Wildman–Crippen LogP) is 1.87. The van der Waals surface area contributed by atoms with Gasteiger partial charge in [0.2, 0.25) is 0 Å². The van der Waals surface area contributed by atoms with Crippen molar-refractivity contribution in [2.45, 2.75) is 58.7 Å². The Morgan fingerprint density at radius 3 is 2.59 bits per heavy atom. The van der Waals surface area contributed by atoms with Gasteiger partial charge in [0.25, 0.3) is 0 Å². The molecule has 2 aliphatic rings. The van der Waals surface area contributed by atoms with Crippen molar-refractivity contribution in [3.8, 4) is 0 Å². The number of piperazine rings is 1. The molecule has 100 valence electrons. The van der Waals surface area contributed by atoms with Gasteiger partial charge in [0.05, 0.1) is 6.10 Å². The molecular formula is C14H28N2O. The molecule has 1 heterocycles. The monoisotopic (exact) mass is 240 g/mol. The maximum Gasteiger partial charge on any atom is 0.0604 e. The fourth-order valence-electron chi connectivity index (χ4n) is 2.89. The van der Waals surface area contributed by atoms with Crippen molar-refractivity contribution in [2.75, 3.05) is 26.2 Å². The van der Waals surface area contributed by atoms with Crippen LogP contribution in [0.5, 0.6) is 0 Å². The van der Waals surface area contributed by atoms with Crippen molar-refractivity contribution in [2.24, 2.45) is 5.41 Å². The number of nitrogens with one attached hydrogen (secondary N) is 1. The lowest BCUT2D eigenvalue weighted by molar-refractivity contribution is -0.0562. The second kappa shape index (κ2) is 5.25. The Bertz CT molecular complexity index is 243. The summed E-state index contributed by atoms with van der Waals surface area (Å²) in [6.45, 7) is 13.5. The third kappa shape index (κ3) is 3.21. The first kappa shape index (κ1) is 13.3. The fourth-order valence-corrected chi connectivity index (χ4v) is 2.89. The summed E-state index contributed by atoms with van der Waals surface area (Å²) in [5.41, 5.74) is 0.363. The van der Waals surface area contributed by atoms with Crippen LogP contribution in [0.15, 0.2) is 0 Å². The third-order valence-electron chi connectivity index (χ3n) is 4.24. The molecule has 0 aromatic heterocycles. The molecule has 0 aromatic carbocycles. The van der Waals surface area contributed by atoms with Crippen LogP contribution in [0.1, 0.15) is 40.5 Å². The zero-order chi connectivity index (χ0) is 12.5. The zero-order valence-corrected chi connectivity index (χ0v) is 11.8. The van der Waals surface area contributed by atoms with Gasteiger partial charge in [0, 0.05) is 38.3 Å². The van der Waals surface area contributed by atoms with Gasteiger partial charge in [-0.3, -0.25) is 4.90 Å². The number of ether oxygens (including phenoxy) is 1. The van der Waals surface area contributed by atoms with E-state index in [0.717, 1.165) is 19.2 Å². The molecule has 0 radical (unpaired) electrons. The molecular weight excluding hydrogens is 212 g/mol. The van der Waals surface area contributed by atoms with Crippen LogP contribution in [0.4, 0.5) is 0 Å². The van der Waals surface area contributed by atoms with Gasteiger partial charge in [-0.1, -0.05) is 20.8 Å². The van der Waals surface area contributed by atoms with Gasteiger partial charge in [0.1, 0.15) is 0 Å². The molecule has 1 atom stereocenters. The maximum atomic E-state index is 5.65. The van der Waals surface area contributed by atoms with Crippen molar-refractivity contribution in [3.63, 3.8) is 0 Å². The highest BCUT2D eigenvalue weighted by molar-refractivity contribution is 4.94. The van der Waals surface area contributed by atoms with E-state index in [4.69, 9.17) is 4.74 Å². The van der Waals surface area contributed by atoms with Crippen LogP contribution in [0.2, 0.25) is 0 Å². The van der Waals surface area contributed by atoms with E-state index in [2.05, 4.69) is 37.9 Å². The number of hydrogen-bond donors (Lipinski definition) is 1. The largest absolute Gasteiger partial charge is 0.378 e. The van der Waals surface area contributed by atoms with Gasteiger partial charge in [0.15, 0.2) is 0 Å². The fraction of sp³-hybridized carbons (Fsp3) is 1.00. The highest BCUT2D eigenvalue weighted by Gasteiger charge is 2.38. The van der Waals surface area contributed by atoms with Gasteiger partial charge in [-0.15, -0.1) is 0 Å². The SMILES string of the molecule is CCOC1CC(N2CCNC(C(C)(C)C)C2)C1. The van der Waals surface area contributed by atoms with Crippen LogP contribution in [0, 0.1) is 5.41 Å². The van der Waals surface area contributed by atoms with Crippen LogP contribution in [-0.2, 0) is 4.74 Å². The second-order valence-electron chi connectivity index (χ2n) is 6.57. The summed E-state index contributed by atoms with van der Waals surface area (Å²) in [6.07, 6.45) is 3.02. The molecule has 0 amide bonds. The van der Waals surface area contributed by atoms with Crippen LogP contribution < -0.4 is 5.32 Å². The second-order valence-corrected chi connectivity index (χ2v) is 6.57. The summed E-state index contributed by atoms with van der Waals surface area (Å²) in [5, 5.41) is 3.66. The number of rotatable bonds is 3. The first-order valence-corrected chi connectivity index (χ1v) is 7.09. The Labute approximate surface area is 106 Å². The number of hydrogen-bond acceptors (Lipinski definition) is 3.